The minimum atomic E-state index is -0.822. The fourth-order valence-corrected chi connectivity index (χ4v) is 3.93. The minimum Gasteiger partial charge on any atom is -0.294 e. The van der Waals surface area contributed by atoms with Crippen molar-refractivity contribution in [1.29, 1.82) is 0 Å². The van der Waals surface area contributed by atoms with Crippen molar-refractivity contribution < 1.29 is 14.4 Å². The Morgan fingerprint density at radius 3 is 2.58 bits per heavy atom. The van der Waals surface area contributed by atoms with E-state index < -0.39 is 17.5 Å². The van der Waals surface area contributed by atoms with Crippen molar-refractivity contribution in [3.63, 3.8) is 0 Å². The summed E-state index contributed by atoms with van der Waals surface area (Å²) in [6.07, 6.45) is 8.51. The number of carbonyl (C=O) groups excluding carboxylic acids is 3. The van der Waals surface area contributed by atoms with E-state index in [-0.39, 0.29) is 17.6 Å². The molecule has 0 spiro atoms. The predicted octanol–water partition coefficient (Wildman–Crippen LogP) is 4.38. The van der Waals surface area contributed by atoms with Crippen LogP contribution in [-0.4, -0.2) is 17.3 Å². The third-order valence-corrected chi connectivity index (χ3v) is 5.33. The molecule has 3 atom stereocenters. The maximum Gasteiger partial charge on any atom is 0.225 e. The number of hydrogen-bond donors (Lipinski definition) is 0. The predicted molar refractivity (Wildman–Crippen MR) is 95.5 cm³/mol. The van der Waals surface area contributed by atoms with Crippen LogP contribution in [-0.2, 0) is 14.4 Å². The molecule has 0 radical (unpaired) electrons. The number of carbonyl (C=O) groups is 3. The Hall–Kier alpha value is -1.77. The first-order valence-electron chi connectivity index (χ1n) is 9.00. The van der Waals surface area contributed by atoms with Gasteiger partial charge in [0.1, 0.15) is 0 Å². The zero-order valence-corrected chi connectivity index (χ0v) is 15.1. The molecule has 0 saturated carbocycles. The monoisotopic (exact) mass is 328 g/mol. The molecule has 2 aliphatic rings. The topological polar surface area (TPSA) is 51.2 Å². The zero-order chi connectivity index (χ0) is 17.9. The van der Waals surface area contributed by atoms with Crippen molar-refractivity contribution in [3.8, 4) is 0 Å². The van der Waals surface area contributed by atoms with E-state index in [1.54, 1.807) is 0 Å². The number of ketones is 3. The van der Waals surface area contributed by atoms with Crippen molar-refractivity contribution in [3.05, 3.63) is 35.5 Å². The number of unbranched alkanes of at least 4 members (excludes halogenated alkanes) is 2. The summed E-state index contributed by atoms with van der Waals surface area (Å²) < 4.78 is 0. The summed E-state index contributed by atoms with van der Waals surface area (Å²) in [7, 11) is 0. The highest BCUT2D eigenvalue weighted by Gasteiger charge is 2.44. The molecule has 0 N–H and O–H groups in total. The molecule has 0 bridgehead atoms. The van der Waals surface area contributed by atoms with Gasteiger partial charge in [0.05, 0.1) is 5.92 Å². The van der Waals surface area contributed by atoms with Gasteiger partial charge in [-0.15, -0.1) is 0 Å². The number of hydrogen-bond acceptors (Lipinski definition) is 3. The molecule has 130 valence electrons. The third-order valence-electron chi connectivity index (χ3n) is 5.33. The Balaban J connectivity index is 2.26. The maximum absolute atomic E-state index is 12.7. The van der Waals surface area contributed by atoms with E-state index in [2.05, 4.69) is 19.6 Å². The van der Waals surface area contributed by atoms with Gasteiger partial charge in [0.15, 0.2) is 5.78 Å². The van der Waals surface area contributed by atoms with Gasteiger partial charge in [-0.25, -0.2) is 0 Å². The normalized spacial score (nSPS) is 27.8. The van der Waals surface area contributed by atoms with E-state index in [1.807, 2.05) is 13.8 Å². The van der Waals surface area contributed by atoms with Gasteiger partial charge >= 0.3 is 0 Å². The summed E-state index contributed by atoms with van der Waals surface area (Å²) in [5, 5.41) is 0. The van der Waals surface area contributed by atoms with E-state index in [0.29, 0.717) is 18.4 Å². The van der Waals surface area contributed by atoms with Crippen LogP contribution in [0.4, 0.5) is 0 Å². The molecule has 3 unspecified atom stereocenters. The smallest absolute Gasteiger partial charge is 0.225 e. The van der Waals surface area contributed by atoms with Gasteiger partial charge in [0.25, 0.3) is 0 Å². The number of allylic oxidation sites excluding steroid dienone is 5. The molecule has 0 aliphatic heterocycles. The van der Waals surface area contributed by atoms with Gasteiger partial charge in [0.2, 0.25) is 11.6 Å². The molecule has 24 heavy (non-hydrogen) atoms. The van der Waals surface area contributed by atoms with E-state index >= 15 is 0 Å². The Bertz CT molecular complexity index is 621. The second kappa shape index (κ2) is 7.87. The summed E-state index contributed by atoms with van der Waals surface area (Å²) >= 11 is 0. The van der Waals surface area contributed by atoms with Crippen LogP contribution >= 0.6 is 0 Å². The van der Waals surface area contributed by atoms with Gasteiger partial charge in [-0.2, -0.15) is 0 Å². The molecule has 0 aromatic rings. The molecule has 0 saturated heterocycles. The van der Waals surface area contributed by atoms with Crippen LogP contribution in [0.25, 0.3) is 0 Å². The highest BCUT2D eigenvalue weighted by molar-refractivity contribution is 6.50. The molecule has 3 heteroatoms. The first kappa shape index (κ1) is 18.6. The first-order valence-corrected chi connectivity index (χ1v) is 9.00. The van der Waals surface area contributed by atoms with E-state index in [1.165, 1.54) is 11.6 Å². The van der Waals surface area contributed by atoms with E-state index in [4.69, 9.17) is 0 Å². The first-order chi connectivity index (χ1) is 11.4. The van der Waals surface area contributed by atoms with Gasteiger partial charge in [-0.05, 0) is 57.4 Å². The lowest BCUT2D eigenvalue weighted by Crippen LogP contribution is -2.43. The SMILES string of the molecule is C=C(C)C1CC=C(C)CC1C1C(=O)C=C(CCCCC)C(=O)C1=O. The summed E-state index contributed by atoms with van der Waals surface area (Å²) in [6.45, 7) is 10.1. The molecule has 0 aromatic heterocycles. The van der Waals surface area contributed by atoms with E-state index in [9.17, 15) is 14.4 Å². The largest absolute Gasteiger partial charge is 0.294 e. The van der Waals surface area contributed by atoms with Crippen LogP contribution in [0, 0.1) is 17.8 Å². The van der Waals surface area contributed by atoms with Gasteiger partial charge in [-0.3, -0.25) is 14.4 Å². The fraction of sp³-hybridized carbons (Fsp3) is 0.571. The average molecular weight is 328 g/mol. The molecule has 3 nitrogen and oxygen atoms in total. The molecule has 0 heterocycles. The third kappa shape index (κ3) is 3.82. The lowest BCUT2D eigenvalue weighted by molar-refractivity contribution is -0.143. The van der Waals surface area contributed by atoms with Gasteiger partial charge < -0.3 is 0 Å². The maximum atomic E-state index is 12.7. The molecular weight excluding hydrogens is 300 g/mol. The standard InChI is InChI=1S/C21H28O3/c1-5-6-7-8-15-12-18(22)19(21(24)20(15)23)17-11-14(4)9-10-16(17)13(2)3/h9,12,16-17,19H,2,5-8,10-11H2,1,3-4H3. The van der Waals surface area contributed by atoms with Crippen LogP contribution in [0.3, 0.4) is 0 Å². The van der Waals surface area contributed by atoms with Crippen molar-refractivity contribution >= 4 is 17.3 Å². The lowest BCUT2D eigenvalue weighted by atomic mass is 9.65. The summed E-state index contributed by atoms with van der Waals surface area (Å²) in [6, 6.07) is 0. The van der Waals surface area contributed by atoms with Crippen LogP contribution in [0.5, 0.6) is 0 Å². The van der Waals surface area contributed by atoms with Gasteiger partial charge in [0, 0.05) is 5.57 Å². The van der Waals surface area contributed by atoms with Crippen LogP contribution in [0.1, 0.15) is 59.3 Å². The summed E-state index contributed by atoms with van der Waals surface area (Å²) in [4.78, 5) is 37.8. The van der Waals surface area contributed by atoms with Crippen molar-refractivity contribution in [2.45, 2.75) is 59.3 Å². The summed E-state index contributed by atoms with van der Waals surface area (Å²) in [5.41, 5.74) is 2.57. The van der Waals surface area contributed by atoms with Crippen molar-refractivity contribution in [1.82, 2.24) is 0 Å². The second-order valence-electron chi connectivity index (χ2n) is 7.31. The van der Waals surface area contributed by atoms with E-state index in [0.717, 1.165) is 31.3 Å². The minimum absolute atomic E-state index is 0.0921. The molecule has 0 aromatic carbocycles. The quantitative estimate of drug-likeness (QED) is 0.315. The fourth-order valence-electron chi connectivity index (χ4n) is 3.93. The highest BCUT2D eigenvalue weighted by Crippen LogP contribution is 2.41. The lowest BCUT2D eigenvalue weighted by Gasteiger charge is -2.36. The Morgan fingerprint density at radius 2 is 1.96 bits per heavy atom. The number of Topliss-reactive ketones (excluding diaryl/α,β-unsaturated/α-hetero) is 2. The van der Waals surface area contributed by atoms with Gasteiger partial charge in [-0.1, -0.05) is 43.6 Å². The van der Waals surface area contributed by atoms with Crippen LogP contribution in [0.15, 0.2) is 35.5 Å². The van der Waals surface area contributed by atoms with Crippen molar-refractivity contribution in [2.75, 3.05) is 0 Å². The molecule has 2 aliphatic carbocycles. The van der Waals surface area contributed by atoms with Crippen LogP contribution < -0.4 is 0 Å². The molecule has 0 fully saturated rings. The second-order valence-corrected chi connectivity index (χ2v) is 7.31. The Kier molecular flexibility index (Phi) is 6.09. The van der Waals surface area contributed by atoms with Crippen molar-refractivity contribution in [2.24, 2.45) is 17.8 Å². The molecular formula is C21H28O3. The molecule has 2 rings (SSSR count). The zero-order valence-electron chi connectivity index (χ0n) is 15.1. The summed E-state index contributed by atoms with van der Waals surface area (Å²) in [5.74, 6) is -1.99. The average Bonchev–Trinajstić information content (AvgIpc) is 2.52. The van der Waals surface area contributed by atoms with Crippen LogP contribution in [0.2, 0.25) is 0 Å². The molecule has 0 amide bonds. The Morgan fingerprint density at radius 1 is 1.25 bits per heavy atom. The number of rotatable bonds is 6. The Labute approximate surface area is 144 Å². The highest BCUT2D eigenvalue weighted by atomic mass is 16.2.